The van der Waals surface area contributed by atoms with Crippen molar-refractivity contribution in [2.45, 2.75) is 32.7 Å². The van der Waals surface area contributed by atoms with Gasteiger partial charge in [0.2, 0.25) is 0 Å². The van der Waals surface area contributed by atoms with Crippen molar-refractivity contribution < 1.29 is 14.3 Å². The molecule has 1 aliphatic heterocycles. The first kappa shape index (κ1) is 19.2. The summed E-state index contributed by atoms with van der Waals surface area (Å²) in [6.07, 6.45) is 4.69. The summed E-state index contributed by atoms with van der Waals surface area (Å²) < 4.78 is 11.4. The lowest BCUT2D eigenvalue weighted by atomic mass is 10.1. The molecule has 0 atom stereocenters. The second-order valence-corrected chi connectivity index (χ2v) is 7.33. The Labute approximate surface area is 171 Å². The van der Waals surface area contributed by atoms with Crippen LogP contribution in [0.1, 0.15) is 42.1 Å². The Morgan fingerprint density at radius 3 is 2.76 bits per heavy atom. The first-order chi connectivity index (χ1) is 14.2. The minimum atomic E-state index is 0.00209. The SMILES string of the molecule is CCCCN(Cc1cnc2ccccc2c1)C(=O)c1ccc2c(c1)OCCCO2. The van der Waals surface area contributed by atoms with Gasteiger partial charge in [0.15, 0.2) is 11.5 Å². The monoisotopic (exact) mass is 390 g/mol. The lowest BCUT2D eigenvalue weighted by Crippen LogP contribution is -2.31. The molecule has 3 aromatic rings. The van der Waals surface area contributed by atoms with E-state index in [-0.39, 0.29) is 5.91 Å². The van der Waals surface area contributed by atoms with E-state index in [1.54, 1.807) is 6.07 Å². The molecule has 0 bridgehead atoms. The molecule has 0 radical (unpaired) electrons. The van der Waals surface area contributed by atoms with Crippen LogP contribution in [-0.4, -0.2) is 35.5 Å². The normalized spacial score (nSPS) is 13.1. The highest BCUT2D eigenvalue weighted by molar-refractivity contribution is 5.95. The number of pyridine rings is 1. The maximum absolute atomic E-state index is 13.3. The number of unbranched alkanes of at least 4 members (excludes halogenated alkanes) is 1. The van der Waals surface area contributed by atoms with Crippen LogP contribution < -0.4 is 9.47 Å². The van der Waals surface area contributed by atoms with Crippen molar-refractivity contribution in [1.82, 2.24) is 9.88 Å². The third-order valence-electron chi connectivity index (χ3n) is 5.08. The lowest BCUT2D eigenvalue weighted by Gasteiger charge is -2.23. The molecule has 0 aliphatic carbocycles. The minimum Gasteiger partial charge on any atom is -0.490 e. The van der Waals surface area contributed by atoms with Gasteiger partial charge in [-0.2, -0.15) is 0 Å². The number of hydrogen-bond acceptors (Lipinski definition) is 4. The van der Waals surface area contributed by atoms with Gasteiger partial charge in [-0.1, -0.05) is 31.5 Å². The van der Waals surface area contributed by atoms with Crippen molar-refractivity contribution >= 4 is 16.8 Å². The molecule has 1 aliphatic rings. The van der Waals surface area contributed by atoms with Gasteiger partial charge >= 0.3 is 0 Å². The number of carbonyl (C=O) groups excluding carboxylic acids is 1. The number of para-hydroxylation sites is 1. The summed E-state index contributed by atoms with van der Waals surface area (Å²) in [5.41, 5.74) is 2.62. The topological polar surface area (TPSA) is 51.7 Å². The van der Waals surface area contributed by atoms with Crippen LogP contribution in [0.5, 0.6) is 11.5 Å². The van der Waals surface area contributed by atoms with E-state index in [1.165, 1.54) is 0 Å². The Balaban J connectivity index is 1.58. The standard InChI is InChI=1S/C24H26N2O3/c1-2-3-11-26(17-18-14-19-7-4-5-8-21(19)25-16-18)24(27)20-9-10-22-23(15-20)29-13-6-12-28-22/h4-5,7-10,14-16H,2-3,6,11-13,17H2,1H3. The average Bonchev–Trinajstić information content (AvgIpc) is 3.01. The predicted octanol–water partition coefficient (Wildman–Crippen LogP) is 4.84. The molecule has 0 saturated carbocycles. The molecule has 5 heteroatoms. The molecular weight excluding hydrogens is 364 g/mol. The smallest absolute Gasteiger partial charge is 0.254 e. The van der Waals surface area contributed by atoms with Crippen LogP contribution in [0.3, 0.4) is 0 Å². The first-order valence-corrected chi connectivity index (χ1v) is 10.3. The first-order valence-electron chi connectivity index (χ1n) is 10.3. The van der Waals surface area contributed by atoms with Crippen LogP contribution in [0.15, 0.2) is 54.7 Å². The van der Waals surface area contributed by atoms with Crippen LogP contribution >= 0.6 is 0 Å². The van der Waals surface area contributed by atoms with E-state index >= 15 is 0 Å². The van der Waals surface area contributed by atoms with Crippen LogP contribution in [0, 0.1) is 0 Å². The van der Waals surface area contributed by atoms with Gasteiger partial charge in [0.05, 0.1) is 18.7 Å². The summed E-state index contributed by atoms with van der Waals surface area (Å²) in [7, 11) is 0. The van der Waals surface area contributed by atoms with Crippen molar-refractivity contribution in [2.75, 3.05) is 19.8 Å². The third-order valence-corrected chi connectivity index (χ3v) is 5.08. The summed E-state index contributed by atoms with van der Waals surface area (Å²) in [5.74, 6) is 1.36. The zero-order valence-electron chi connectivity index (χ0n) is 16.8. The zero-order chi connectivity index (χ0) is 20.1. The van der Waals surface area contributed by atoms with E-state index in [9.17, 15) is 4.79 Å². The molecule has 5 nitrogen and oxygen atoms in total. The Morgan fingerprint density at radius 2 is 1.90 bits per heavy atom. The van der Waals surface area contributed by atoms with Crippen molar-refractivity contribution in [3.05, 3.63) is 65.9 Å². The minimum absolute atomic E-state index is 0.00209. The van der Waals surface area contributed by atoms with Crippen LogP contribution in [0.2, 0.25) is 0 Å². The Morgan fingerprint density at radius 1 is 1.07 bits per heavy atom. The van der Waals surface area contributed by atoms with Crippen molar-refractivity contribution in [1.29, 1.82) is 0 Å². The number of aromatic nitrogens is 1. The highest BCUT2D eigenvalue weighted by atomic mass is 16.5. The van der Waals surface area contributed by atoms with Gasteiger partial charge < -0.3 is 14.4 Å². The summed E-state index contributed by atoms with van der Waals surface area (Å²) >= 11 is 0. The van der Waals surface area contributed by atoms with E-state index in [1.807, 2.05) is 47.5 Å². The lowest BCUT2D eigenvalue weighted by molar-refractivity contribution is 0.0740. The van der Waals surface area contributed by atoms with E-state index < -0.39 is 0 Å². The second-order valence-electron chi connectivity index (χ2n) is 7.33. The molecule has 0 saturated heterocycles. The van der Waals surface area contributed by atoms with E-state index in [0.717, 1.165) is 35.7 Å². The number of carbonyl (C=O) groups is 1. The summed E-state index contributed by atoms with van der Waals surface area (Å²) in [6, 6.07) is 15.6. The van der Waals surface area contributed by atoms with Crippen LogP contribution in [0.25, 0.3) is 10.9 Å². The maximum atomic E-state index is 13.3. The van der Waals surface area contributed by atoms with Gasteiger partial charge in [0, 0.05) is 36.7 Å². The van der Waals surface area contributed by atoms with Crippen LogP contribution in [-0.2, 0) is 6.54 Å². The number of fused-ring (bicyclic) bond motifs is 2. The van der Waals surface area contributed by atoms with Crippen LogP contribution in [0.4, 0.5) is 0 Å². The Hall–Kier alpha value is -3.08. The fourth-order valence-electron chi connectivity index (χ4n) is 3.50. The van der Waals surface area contributed by atoms with Gasteiger partial charge in [-0.3, -0.25) is 9.78 Å². The number of ether oxygens (including phenoxy) is 2. The fraction of sp³-hybridized carbons (Fsp3) is 0.333. The van der Waals surface area contributed by atoms with E-state index in [2.05, 4.69) is 18.0 Å². The molecule has 1 aromatic heterocycles. The number of amides is 1. The predicted molar refractivity (Wildman–Crippen MR) is 113 cm³/mol. The maximum Gasteiger partial charge on any atom is 0.254 e. The quantitative estimate of drug-likeness (QED) is 0.604. The molecule has 0 N–H and O–H groups in total. The molecular formula is C24H26N2O3. The molecule has 2 heterocycles. The molecule has 29 heavy (non-hydrogen) atoms. The Kier molecular flexibility index (Phi) is 5.94. The van der Waals surface area contributed by atoms with Gasteiger partial charge in [0.1, 0.15) is 0 Å². The average molecular weight is 390 g/mol. The number of hydrogen-bond donors (Lipinski definition) is 0. The highest BCUT2D eigenvalue weighted by Crippen LogP contribution is 2.31. The number of nitrogens with zero attached hydrogens (tertiary/aromatic N) is 2. The molecule has 150 valence electrons. The third kappa shape index (κ3) is 4.50. The molecule has 0 spiro atoms. The van der Waals surface area contributed by atoms with E-state index in [4.69, 9.17) is 9.47 Å². The molecule has 0 fully saturated rings. The summed E-state index contributed by atoms with van der Waals surface area (Å²) in [5, 5.41) is 1.09. The fourth-order valence-corrected chi connectivity index (χ4v) is 3.50. The summed E-state index contributed by atoms with van der Waals surface area (Å²) in [4.78, 5) is 19.7. The highest BCUT2D eigenvalue weighted by Gasteiger charge is 2.19. The molecule has 4 rings (SSSR count). The number of rotatable bonds is 6. The second kappa shape index (κ2) is 8.95. The van der Waals surface area contributed by atoms with E-state index in [0.29, 0.717) is 43.4 Å². The van der Waals surface area contributed by atoms with Crippen molar-refractivity contribution in [2.24, 2.45) is 0 Å². The van der Waals surface area contributed by atoms with Crippen molar-refractivity contribution in [3.63, 3.8) is 0 Å². The largest absolute Gasteiger partial charge is 0.490 e. The molecule has 0 unspecified atom stereocenters. The van der Waals surface area contributed by atoms with Gasteiger partial charge in [-0.05, 0) is 42.3 Å². The Bertz CT molecular complexity index is 1000. The zero-order valence-corrected chi connectivity index (χ0v) is 16.8. The van der Waals surface area contributed by atoms with Gasteiger partial charge in [-0.25, -0.2) is 0 Å². The van der Waals surface area contributed by atoms with Gasteiger partial charge in [0.25, 0.3) is 5.91 Å². The van der Waals surface area contributed by atoms with Gasteiger partial charge in [-0.15, -0.1) is 0 Å². The molecule has 2 aromatic carbocycles. The number of benzene rings is 2. The summed E-state index contributed by atoms with van der Waals surface area (Å²) in [6.45, 7) is 4.61. The van der Waals surface area contributed by atoms with Crippen molar-refractivity contribution in [3.8, 4) is 11.5 Å². The molecule has 1 amide bonds.